The predicted molar refractivity (Wildman–Crippen MR) is 80.1 cm³/mol. The van der Waals surface area contributed by atoms with E-state index in [4.69, 9.17) is 11.6 Å². The van der Waals surface area contributed by atoms with E-state index in [9.17, 15) is 4.79 Å². The van der Waals surface area contributed by atoms with Crippen LogP contribution >= 0.6 is 11.6 Å². The zero-order valence-electron chi connectivity index (χ0n) is 11.1. The van der Waals surface area contributed by atoms with Crippen LogP contribution in [-0.2, 0) is 4.79 Å². The third kappa shape index (κ3) is 3.71. The Morgan fingerprint density at radius 2 is 1.95 bits per heavy atom. The summed E-state index contributed by atoms with van der Waals surface area (Å²) >= 11 is 6.06. The summed E-state index contributed by atoms with van der Waals surface area (Å²) in [5, 5.41) is 0.718. The van der Waals surface area contributed by atoms with Crippen LogP contribution in [0.2, 0.25) is 5.02 Å². The van der Waals surface area contributed by atoms with E-state index in [2.05, 4.69) is 0 Å². The van der Waals surface area contributed by atoms with Crippen molar-refractivity contribution in [3.05, 3.63) is 52.6 Å². The number of amides is 1. The van der Waals surface area contributed by atoms with Gasteiger partial charge in [0.15, 0.2) is 0 Å². The average Bonchev–Trinajstić information content (AvgIpc) is 2.94. The quantitative estimate of drug-likeness (QED) is 0.605. The van der Waals surface area contributed by atoms with Crippen LogP contribution < -0.4 is 0 Å². The lowest BCUT2D eigenvalue weighted by Crippen LogP contribution is -2.28. The van der Waals surface area contributed by atoms with Gasteiger partial charge in [0.25, 0.3) is 0 Å². The topological polar surface area (TPSA) is 20.3 Å². The van der Waals surface area contributed by atoms with Crippen molar-refractivity contribution in [2.45, 2.75) is 19.8 Å². The molecule has 1 saturated heterocycles. The number of hydrogen-bond acceptors (Lipinski definition) is 1. The van der Waals surface area contributed by atoms with Crippen LogP contribution in [0.25, 0.3) is 6.08 Å². The van der Waals surface area contributed by atoms with E-state index in [0.717, 1.165) is 42.1 Å². The van der Waals surface area contributed by atoms with E-state index in [0.29, 0.717) is 0 Å². The van der Waals surface area contributed by atoms with Crippen LogP contribution in [0.1, 0.15) is 25.3 Å². The highest BCUT2D eigenvalue weighted by Gasteiger charge is 2.18. The van der Waals surface area contributed by atoms with Gasteiger partial charge in [0, 0.05) is 23.7 Å². The minimum absolute atomic E-state index is 0.140. The highest BCUT2D eigenvalue weighted by Crippen LogP contribution is 2.17. The van der Waals surface area contributed by atoms with Gasteiger partial charge in [-0.05, 0) is 31.4 Å². The Morgan fingerprint density at radius 3 is 2.63 bits per heavy atom. The van der Waals surface area contributed by atoms with Gasteiger partial charge in [0.05, 0.1) is 0 Å². The number of carbonyl (C=O) groups is 1. The summed E-state index contributed by atoms with van der Waals surface area (Å²) in [6.45, 7) is 3.63. The van der Waals surface area contributed by atoms with Gasteiger partial charge >= 0.3 is 0 Å². The summed E-state index contributed by atoms with van der Waals surface area (Å²) in [4.78, 5) is 14.0. The molecule has 0 bridgehead atoms. The molecule has 0 unspecified atom stereocenters. The lowest BCUT2D eigenvalue weighted by molar-refractivity contribution is -0.126. The van der Waals surface area contributed by atoms with Crippen molar-refractivity contribution in [1.82, 2.24) is 4.90 Å². The molecule has 0 aromatic heterocycles. The maximum atomic E-state index is 12.1. The number of allylic oxidation sites excluding steroid dienone is 2. The average molecular weight is 276 g/mol. The maximum absolute atomic E-state index is 12.1. The fraction of sp³-hybridized carbons (Fsp3) is 0.312. The van der Waals surface area contributed by atoms with Crippen LogP contribution in [0.4, 0.5) is 0 Å². The highest BCUT2D eigenvalue weighted by molar-refractivity contribution is 6.32. The zero-order chi connectivity index (χ0) is 13.7. The van der Waals surface area contributed by atoms with Gasteiger partial charge in [-0.15, -0.1) is 0 Å². The number of halogens is 1. The molecule has 1 fully saturated rings. The third-order valence-corrected chi connectivity index (χ3v) is 3.60. The molecule has 1 aromatic carbocycles. The van der Waals surface area contributed by atoms with Crippen molar-refractivity contribution in [1.29, 1.82) is 0 Å². The van der Waals surface area contributed by atoms with Gasteiger partial charge < -0.3 is 4.90 Å². The molecule has 2 rings (SSSR count). The van der Waals surface area contributed by atoms with Crippen LogP contribution in [0, 0.1) is 0 Å². The van der Waals surface area contributed by atoms with Crippen molar-refractivity contribution >= 4 is 23.6 Å². The number of nitrogens with zero attached hydrogens (tertiary/aromatic N) is 1. The first kappa shape index (κ1) is 13.9. The lowest BCUT2D eigenvalue weighted by Gasteiger charge is -2.14. The highest BCUT2D eigenvalue weighted by atomic mass is 35.5. The first-order valence-corrected chi connectivity index (χ1v) is 6.95. The number of carbonyl (C=O) groups excluding carboxylic acids is 1. The molecule has 100 valence electrons. The van der Waals surface area contributed by atoms with Crippen LogP contribution in [0.15, 0.2) is 42.0 Å². The van der Waals surface area contributed by atoms with Gasteiger partial charge in [-0.2, -0.15) is 0 Å². The summed E-state index contributed by atoms with van der Waals surface area (Å²) < 4.78 is 0. The maximum Gasteiger partial charge on any atom is 0.249 e. The fourth-order valence-electron chi connectivity index (χ4n) is 2.15. The van der Waals surface area contributed by atoms with Crippen molar-refractivity contribution in [2.24, 2.45) is 0 Å². The molecule has 1 amide bonds. The second-order valence-corrected chi connectivity index (χ2v) is 5.14. The molecule has 0 N–H and O–H groups in total. The molecule has 1 aliphatic heterocycles. The Hall–Kier alpha value is -1.54. The summed E-state index contributed by atoms with van der Waals surface area (Å²) in [6, 6.07) is 7.65. The fourth-order valence-corrected chi connectivity index (χ4v) is 2.35. The van der Waals surface area contributed by atoms with E-state index in [-0.39, 0.29) is 5.91 Å². The number of likely N-dealkylation sites (tertiary alicyclic amines) is 1. The van der Waals surface area contributed by atoms with Crippen LogP contribution in [0.3, 0.4) is 0 Å². The molecular weight excluding hydrogens is 258 g/mol. The number of benzene rings is 1. The van der Waals surface area contributed by atoms with E-state index < -0.39 is 0 Å². The first-order valence-electron chi connectivity index (χ1n) is 6.57. The molecule has 2 nitrogen and oxygen atoms in total. The lowest BCUT2D eigenvalue weighted by atomic mass is 10.2. The van der Waals surface area contributed by atoms with Gasteiger partial charge in [-0.3, -0.25) is 4.79 Å². The Kier molecular flexibility index (Phi) is 4.80. The Labute approximate surface area is 119 Å². The smallest absolute Gasteiger partial charge is 0.249 e. The molecule has 0 spiro atoms. The summed E-state index contributed by atoms with van der Waals surface area (Å²) in [5.41, 5.74) is 1.73. The van der Waals surface area contributed by atoms with Gasteiger partial charge in [-0.25, -0.2) is 0 Å². The van der Waals surface area contributed by atoms with Crippen molar-refractivity contribution < 1.29 is 4.79 Å². The van der Waals surface area contributed by atoms with Crippen LogP contribution in [0.5, 0.6) is 0 Å². The zero-order valence-corrected chi connectivity index (χ0v) is 11.9. The minimum atomic E-state index is 0.140. The Bertz CT molecular complexity index is 513. The molecule has 1 heterocycles. The van der Waals surface area contributed by atoms with Gasteiger partial charge in [0.1, 0.15) is 0 Å². The van der Waals surface area contributed by atoms with Gasteiger partial charge in [0.2, 0.25) is 5.91 Å². The second-order valence-electron chi connectivity index (χ2n) is 4.73. The predicted octanol–water partition coefficient (Wildman–Crippen LogP) is 3.92. The van der Waals surface area contributed by atoms with Crippen LogP contribution in [-0.4, -0.2) is 23.9 Å². The molecule has 0 aliphatic carbocycles. The normalized spacial score (nSPS) is 16.3. The first-order chi connectivity index (χ1) is 9.18. The van der Waals surface area contributed by atoms with E-state index >= 15 is 0 Å². The Balaban J connectivity index is 2.01. The van der Waals surface area contributed by atoms with E-state index in [1.54, 1.807) is 0 Å². The van der Waals surface area contributed by atoms with E-state index in [1.165, 1.54) is 0 Å². The summed E-state index contributed by atoms with van der Waals surface area (Å²) in [7, 11) is 0. The third-order valence-electron chi connectivity index (χ3n) is 3.26. The second kappa shape index (κ2) is 6.58. The monoisotopic (exact) mass is 275 g/mol. The molecule has 1 aromatic rings. The van der Waals surface area contributed by atoms with Gasteiger partial charge in [-0.1, -0.05) is 48.0 Å². The number of hydrogen-bond donors (Lipinski definition) is 0. The standard InChI is InChI=1S/C16H18ClNO/c1-13(16(19)18-11-4-5-12-18)7-6-9-14-8-2-3-10-15(14)17/h2-3,6-10H,4-5,11-12H2,1H3/b9-6+,13-7-. The molecule has 0 radical (unpaired) electrons. The minimum Gasteiger partial charge on any atom is -0.339 e. The number of rotatable bonds is 3. The summed E-state index contributed by atoms with van der Waals surface area (Å²) in [6.07, 6.45) is 7.89. The molecule has 0 saturated carbocycles. The molecule has 0 atom stereocenters. The molecular formula is C16H18ClNO. The SMILES string of the molecule is C/C(=C/C=C/c1ccccc1Cl)C(=O)N1CCCC1. The van der Waals surface area contributed by atoms with E-state index in [1.807, 2.05) is 54.3 Å². The summed E-state index contributed by atoms with van der Waals surface area (Å²) in [5.74, 6) is 0.140. The van der Waals surface area contributed by atoms with Crippen molar-refractivity contribution in [2.75, 3.05) is 13.1 Å². The van der Waals surface area contributed by atoms with Crippen molar-refractivity contribution in [3.8, 4) is 0 Å². The van der Waals surface area contributed by atoms with Crippen molar-refractivity contribution in [3.63, 3.8) is 0 Å². The Morgan fingerprint density at radius 1 is 1.26 bits per heavy atom. The molecule has 1 aliphatic rings. The largest absolute Gasteiger partial charge is 0.339 e. The molecule has 3 heteroatoms. The molecule has 19 heavy (non-hydrogen) atoms.